The lowest BCUT2D eigenvalue weighted by molar-refractivity contribution is 0.113. The molecule has 1 fully saturated rings. The summed E-state index contributed by atoms with van der Waals surface area (Å²) in [6.07, 6.45) is 11.0. The van der Waals surface area contributed by atoms with Crippen LogP contribution in [0.3, 0.4) is 0 Å². The highest BCUT2D eigenvalue weighted by Crippen LogP contribution is 2.50. The van der Waals surface area contributed by atoms with Gasteiger partial charge in [-0.1, -0.05) is 40.0 Å². The Labute approximate surface area is 94.2 Å². The molecule has 0 nitrogen and oxygen atoms in total. The van der Waals surface area contributed by atoms with E-state index >= 15 is 0 Å². The van der Waals surface area contributed by atoms with Crippen molar-refractivity contribution in [1.82, 2.24) is 0 Å². The van der Waals surface area contributed by atoms with E-state index in [1.165, 1.54) is 38.5 Å². The van der Waals surface area contributed by atoms with Crippen LogP contribution in [0.4, 0.5) is 0 Å². The zero-order chi connectivity index (χ0) is 10.6. The molecule has 2 unspecified atom stereocenters. The summed E-state index contributed by atoms with van der Waals surface area (Å²) < 4.78 is 0. The first-order valence-corrected chi connectivity index (χ1v) is 7.49. The Morgan fingerprint density at radius 3 is 2.57 bits per heavy atom. The molecule has 84 valence electrons. The predicted molar refractivity (Wildman–Crippen MR) is 68.0 cm³/mol. The summed E-state index contributed by atoms with van der Waals surface area (Å²) in [4.78, 5) is 0. The molecule has 0 aromatic heterocycles. The zero-order valence-electron chi connectivity index (χ0n) is 10.3. The Bertz CT molecular complexity index is 161. The lowest BCUT2D eigenvalue weighted by atomic mass is 9.64. The summed E-state index contributed by atoms with van der Waals surface area (Å²) in [5, 5.41) is 0.927. The molecule has 0 heterocycles. The summed E-state index contributed by atoms with van der Waals surface area (Å²) in [6, 6.07) is 0. The zero-order valence-corrected chi connectivity index (χ0v) is 11.1. The molecule has 14 heavy (non-hydrogen) atoms. The van der Waals surface area contributed by atoms with Gasteiger partial charge in [0.1, 0.15) is 0 Å². The van der Waals surface area contributed by atoms with Crippen molar-refractivity contribution in [3.05, 3.63) is 0 Å². The molecule has 0 saturated heterocycles. The Hall–Kier alpha value is 0.350. The standard InChI is InChI=1S/C13H26S/c1-5-9-13(11(2)3)10-7-6-8-12(13)14-4/h11-12H,5-10H2,1-4H3. The van der Waals surface area contributed by atoms with E-state index in [9.17, 15) is 0 Å². The monoisotopic (exact) mass is 214 g/mol. The average Bonchev–Trinajstić information content (AvgIpc) is 2.18. The third-order valence-electron chi connectivity index (χ3n) is 4.15. The number of thioether (sulfide) groups is 1. The molecule has 0 spiro atoms. The van der Waals surface area contributed by atoms with Crippen molar-refractivity contribution in [2.45, 2.75) is 64.5 Å². The maximum absolute atomic E-state index is 2.43. The quantitative estimate of drug-likeness (QED) is 0.651. The third kappa shape index (κ3) is 2.29. The second-order valence-electron chi connectivity index (χ2n) is 5.11. The molecule has 1 rings (SSSR count). The molecule has 0 aliphatic heterocycles. The molecule has 0 amide bonds. The lowest BCUT2D eigenvalue weighted by Gasteiger charge is -2.47. The maximum Gasteiger partial charge on any atom is 0.0103 e. The van der Waals surface area contributed by atoms with Gasteiger partial charge < -0.3 is 0 Å². The second kappa shape index (κ2) is 5.44. The molecule has 1 aliphatic rings. The molecule has 1 saturated carbocycles. The van der Waals surface area contributed by atoms with Crippen molar-refractivity contribution in [2.24, 2.45) is 11.3 Å². The van der Waals surface area contributed by atoms with Crippen LogP contribution in [0.2, 0.25) is 0 Å². The molecule has 1 heteroatoms. The van der Waals surface area contributed by atoms with E-state index in [2.05, 4.69) is 38.8 Å². The number of hydrogen-bond acceptors (Lipinski definition) is 1. The molecule has 0 bridgehead atoms. The molecule has 2 atom stereocenters. The first-order chi connectivity index (χ1) is 6.67. The predicted octanol–water partition coefficient (Wildman–Crippen LogP) is 4.73. The van der Waals surface area contributed by atoms with Crippen molar-refractivity contribution >= 4 is 11.8 Å². The minimum atomic E-state index is 0.659. The van der Waals surface area contributed by atoms with Crippen molar-refractivity contribution in [3.8, 4) is 0 Å². The van der Waals surface area contributed by atoms with Crippen LogP contribution in [-0.2, 0) is 0 Å². The van der Waals surface area contributed by atoms with Gasteiger partial charge in [-0.15, -0.1) is 0 Å². The minimum Gasteiger partial charge on any atom is -0.161 e. The molecule has 0 aromatic carbocycles. The van der Waals surface area contributed by atoms with E-state index in [4.69, 9.17) is 0 Å². The van der Waals surface area contributed by atoms with Crippen LogP contribution >= 0.6 is 11.8 Å². The van der Waals surface area contributed by atoms with Gasteiger partial charge in [-0.25, -0.2) is 0 Å². The van der Waals surface area contributed by atoms with Crippen LogP contribution < -0.4 is 0 Å². The van der Waals surface area contributed by atoms with E-state index in [1.807, 2.05) is 0 Å². The average molecular weight is 214 g/mol. The van der Waals surface area contributed by atoms with Crippen molar-refractivity contribution in [1.29, 1.82) is 0 Å². The van der Waals surface area contributed by atoms with Gasteiger partial charge in [0.15, 0.2) is 0 Å². The van der Waals surface area contributed by atoms with Gasteiger partial charge in [-0.05, 0) is 36.9 Å². The van der Waals surface area contributed by atoms with Crippen molar-refractivity contribution < 1.29 is 0 Å². The summed E-state index contributed by atoms with van der Waals surface area (Å²) in [7, 11) is 0. The molecular weight excluding hydrogens is 188 g/mol. The maximum atomic E-state index is 2.43. The van der Waals surface area contributed by atoms with Crippen LogP contribution in [0.5, 0.6) is 0 Å². The third-order valence-corrected chi connectivity index (χ3v) is 5.42. The lowest BCUT2D eigenvalue weighted by Crippen LogP contribution is -2.40. The van der Waals surface area contributed by atoms with Gasteiger partial charge in [-0.3, -0.25) is 0 Å². The Morgan fingerprint density at radius 1 is 1.36 bits per heavy atom. The van der Waals surface area contributed by atoms with Crippen LogP contribution in [0.15, 0.2) is 0 Å². The highest BCUT2D eigenvalue weighted by atomic mass is 32.2. The van der Waals surface area contributed by atoms with E-state index < -0.39 is 0 Å². The van der Waals surface area contributed by atoms with Gasteiger partial charge in [0.2, 0.25) is 0 Å². The largest absolute Gasteiger partial charge is 0.161 e. The van der Waals surface area contributed by atoms with E-state index in [0.29, 0.717) is 5.41 Å². The summed E-state index contributed by atoms with van der Waals surface area (Å²) >= 11 is 2.12. The van der Waals surface area contributed by atoms with E-state index in [0.717, 1.165) is 11.2 Å². The topological polar surface area (TPSA) is 0 Å². The smallest absolute Gasteiger partial charge is 0.0103 e. The number of hydrogen-bond donors (Lipinski definition) is 0. The first-order valence-electron chi connectivity index (χ1n) is 6.20. The SMILES string of the molecule is CCCC1(C(C)C)CCCCC1SC. The molecule has 1 aliphatic carbocycles. The highest BCUT2D eigenvalue weighted by molar-refractivity contribution is 7.99. The fraction of sp³-hybridized carbons (Fsp3) is 1.00. The molecule has 0 N–H and O–H groups in total. The fourth-order valence-electron chi connectivity index (χ4n) is 3.29. The van der Waals surface area contributed by atoms with Gasteiger partial charge in [-0.2, -0.15) is 11.8 Å². The second-order valence-corrected chi connectivity index (χ2v) is 6.15. The van der Waals surface area contributed by atoms with Crippen LogP contribution in [0.1, 0.15) is 59.3 Å². The molecule has 0 aromatic rings. The van der Waals surface area contributed by atoms with Crippen LogP contribution in [0.25, 0.3) is 0 Å². The summed E-state index contributed by atoms with van der Waals surface area (Å²) in [5.74, 6) is 0.861. The minimum absolute atomic E-state index is 0.659. The summed E-state index contributed by atoms with van der Waals surface area (Å²) in [6.45, 7) is 7.21. The number of rotatable bonds is 4. The highest BCUT2D eigenvalue weighted by Gasteiger charge is 2.41. The fourth-order valence-corrected chi connectivity index (χ4v) is 4.67. The van der Waals surface area contributed by atoms with Crippen LogP contribution in [0, 0.1) is 11.3 Å². The van der Waals surface area contributed by atoms with Gasteiger partial charge >= 0.3 is 0 Å². The molecular formula is C13H26S. The Morgan fingerprint density at radius 2 is 2.07 bits per heavy atom. The summed E-state index contributed by atoms with van der Waals surface area (Å²) in [5.41, 5.74) is 0.659. The van der Waals surface area contributed by atoms with Gasteiger partial charge in [0, 0.05) is 5.25 Å². The van der Waals surface area contributed by atoms with E-state index in [-0.39, 0.29) is 0 Å². The van der Waals surface area contributed by atoms with Crippen molar-refractivity contribution in [2.75, 3.05) is 6.26 Å². The molecule has 0 radical (unpaired) electrons. The van der Waals surface area contributed by atoms with Gasteiger partial charge in [0.05, 0.1) is 0 Å². The first kappa shape index (κ1) is 12.4. The van der Waals surface area contributed by atoms with E-state index in [1.54, 1.807) is 0 Å². The normalized spacial score (nSPS) is 33.6. The Kier molecular flexibility index (Phi) is 4.82. The van der Waals surface area contributed by atoms with Crippen molar-refractivity contribution in [3.63, 3.8) is 0 Å². The van der Waals surface area contributed by atoms with Crippen LogP contribution in [-0.4, -0.2) is 11.5 Å². The van der Waals surface area contributed by atoms with Gasteiger partial charge in [0.25, 0.3) is 0 Å². The Balaban J connectivity index is 2.79.